The molecule has 0 aliphatic rings. The van der Waals surface area contributed by atoms with Gasteiger partial charge in [-0.1, -0.05) is 41.1 Å². The van der Waals surface area contributed by atoms with Crippen molar-refractivity contribution in [2.24, 2.45) is 0 Å². The normalized spacial score (nSPS) is 11.5. The van der Waals surface area contributed by atoms with Gasteiger partial charge in [-0.3, -0.25) is 4.79 Å². The molecule has 0 atom stereocenters. The molecule has 3 heteroatoms. The van der Waals surface area contributed by atoms with E-state index in [1.54, 1.807) is 0 Å². The van der Waals surface area contributed by atoms with E-state index in [4.69, 9.17) is 5.11 Å². The first-order valence-electron chi connectivity index (χ1n) is 5.30. The Morgan fingerprint density at radius 3 is 2.81 bits per heavy atom. The highest BCUT2D eigenvalue weighted by Gasteiger charge is 2.00. The van der Waals surface area contributed by atoms with Crippen molar-refractivity contribution >= 4 is 27.5 Å². The predicted molar refractivity (Wildman–Crippen MR) is 69.3 cm³/mol. The van der Waals surface area contributed by atoms with Gasteiger partial charge in [0.25, 0.3) is 0 Å². The number of carboxylic acids is 1. The maximum Gasteiger partial charge on any atom is 0.303 e. The number of allylic oxidation sites excluding steroid dienone is 2. The Bertz CT molecular complexity index is 397. The van der Waals surface area contributed by atoms with Crippen LogP contribution in [0.3, 0.4) is 0 Å². The van der Waals surface area contributed by atoms with Gasteiger partial charge in [-0.15, -0.1) is 0 Å². The van der Waals surface area contributed by atoms with Crippen LogP contribution in [0.4, 0.5) is 0 Å². The highest BCUT2D eigenvalue weighted by Crippen LogP contribution is 2.22. The second kappa shape index (κ2) is 6.48. The molecule has 1 rings (SSSR count). The average molecular weight is 283 g/mol. The molecule has 0 saturated carbocycles. The van der Waals surface area contributed by atoms with Gasteiger partial charge in [0, 0.05) is 10.9 Å². The zero-order chi connectivity index (χ0) is 12.0. The molecule has 1 N–H and O–H groups in total. The molecular weight excluding hydrogens is 268 g/mol. The number of carboxylic acid groups (broad SMARTS) is 1. The molecule has 0 aromatic heterocycles. The van der Waals surface area contributed by atoms with Crippen molar-refractivity contribution in [1.29, 1.82) is 0 Å². The molecule has 0 aliphatic heterocycles. The number of halogens is 1. The summed E-state index contributed by atoms with van der Waals surface area (Å²) in [6, 6.07) is 8.06. The number of carbonyl (C=O) groups is 1. The molecule has 1 aromatic rings. The van der Waals surface area contributed by atoms with Gasteiger partial charge >= 0.3 is 5.97 Å². The topological polar surface area (TPSA) is 37.3 Å². The molecule has 0 heterocycles. The summed E-state index contributed by atoms with van der Waals surface area (Å²) in [5.74, 6) is -0.749. The first kappa shape index (κ1) is 13.0. The molecule has 0 fully saturated rings. The fourth-order valence-corrected chi connectivity index (χ4v) is 1.92. The van der Waals surface area contributed by atoms with E-state index in [2.05, 4.69) is 28.9 Å². The third-order valence-electron chi connectivity index (χ3n) is 2.33. The molecule has 0 amide bonds. The van der Waals surface area contributed by atoms with Gasteiger partial charge in [-0.2, -0.15) is 0 Å². The van der Waals surface area contributed by atoms with Crippen LogP contribution >= 0.6 is 15.9 Å². The molecule has 0 unspecified atom stereocenters. The van der Waals surface area contributed by atoms with Crippen LogP contribution in [-0.4, -0.2) is 11.1 Å². The summed E-state index contributed by atoms with van der Waals surface area (Å²) in [6.45, 7) is 2.08. The minimum absolute atomic E-state index is 0.192. The lowest BCUT2D eigenvalue weighted by molar-refractivity contribution is -0.136. The van der Waals surface area contributed by atoms with E-state index in [0.717, 1.165) is 16.5 Å². The van der Waals surface area contributed by atoms with Crippen molar-refractivity contribution in [2.45, 2.75) is 26.2 Å². The maximum atomic E-state index is 10.4. The molecule has 1 aromatic carbocycles. The van der Waals surface area contributed by atoms with Crippen LogP contribution in [0.25, 0.3) is 5.57 Å². The summed E-state index contributed by atoms with van der Waals surface area (Å²) >= 11 is 3.43. The lowest BCUT2D eigenvalue weighted by Crippen LogP contribution is -1.92. The first-order valence-corrected chi connectivity index (χ1v) is 6.09. The largest absolute Gasteiger partial charge is 0.481 e. The number of benzene rings is 1. The van der Waals surface area contributed by atoms with E-state index in [-0.39, 0.29) is 6.42 Å². The monoisotopic (exact) mass is 282 g/mol. The lowest BCUT2D eigenvalue weighted by Gasteiger charge is -2.05. The van der Waals surface area contributed by atoms with Crippen LogP contribution in [-0.2, 0) is 4.79 Å². The molecule has 16 heavy (non-hydrogen) atoms. The smallest absolute Gasteiger partial charge is 0.303 e. The van der Waals surface area contributed by atoms with Gasteiger partial charge in [0.1, 0.15) is 0 Å². The Hall–Kier alpha value is -1.09. The molecule has 0 radical (unpaired) electrons. The molecule has 0 spiro atoms. The highest BCUT2D eigenvalue weighted by atomic mass is 79.9. The number of hydrogen-bond donors (Lipinski definition) is 1. The van der Waals surface area contributed by atoms with E-state index in [1.165, 1.54) is 5.57 Å². The summed E-state index contributed by atoms with van der Waals surface area (Å²) in [6.07, 6.45) is 3.70. The lowest BCUT2D eigenvalue weighted by atomic mass is 10.0. The van der Waals surface area contributed by atoms with E-state index in [0.29, 0.717) is 6.42 Å². The van der Waals surface area contributed by atoms with Crippen molar-refractivity contribution in [1.82, 2.24) is 0 Å². The summed E-state index contributed by atoms with van der Waals surface area (Å²) < 4.78 is 1.04. The van der Waals surface area contributed by atoms with E-state index >= 15 is 0 Å². The van der Waals surface area contributed by atoms with Crippen molar-refractivity contribution < 1.29 is 9.90 Å². The van der Waals surface area contributed by atoms with Crippen LogP contribution < -0.4 is 0 Å². The van der Waals surface area contributed by atoms with Crippen molar-refractivity contribution in [3.05, 3.63) is 40.4 Å². The zero-order valence-electron chi connectivity index (χ0n) is 9.24. The maximum absolute atomic E-state index is 10.4. The molecule has 0 bridgehead atoms. The van der Waals surface area contributed by atoms with E-state index in [1.807, 2.05) is 24.3 Å². The molecule has 0 aliphatic carbocycles. The molecular formula is C13H15BrO2. The van der Waals surface area contributed by atoms with Gasteiger partial charge in [-0.05, 0) is 36.1 Å². The van der Waals surface area contributed by atoms with Crippen LogP contribution in [0.1, 0.15) is 31.7 Å². The summed E-state index contributed by atoms with van der Waals surface area (Å²) in [5.41, 5.74) is 2.35. The minimum atomic E-state index is -0.749. The zero-order valence-corrected chi connectivity index (χ0v) is 10.8. The fraction of sp³-hybridized carbons (Fsp3) is 0.308. The number of rotatable bonds is 5. The third kappa shape index (κ3) is 4.19. The highest BCUT2D eigenvalue weighted by molar-refractivity contribution is 9.10. The van der Waals surface area contributed by atoms with Crippen LogP contribution in [0.2, 0.25) is 0 Å². The SMILES string of the molecule is CCC(=CCCC(=O)O)c1cccc(Br)c1. The summed E-state index contributed by atoms with van der Waals surface area (Å²) in [5, 5.41) is 8.58. The summed E-state index contributed by atoms with van der Waals surface area (Å²) in [4.78, 5) is 10.4. The van der Waals surface area contributed by atoms with Crippen molar-refractivity contribution in [2.75, 3.05) is 0 Å². The Kier molecular flexibility index (Phi) is 5.26. The van der Waals surface area contributed by atoms with Crippen molar-refractivity contribution in [3.63, 3.8) is 0 Å². The average Bonchev–Trinajstić information content (AvgIpc) is 2.24. The first-order chi connectivity index (χ1) is 7.63. The van der Waals surface area contributed by atoms with Crippen LogP contribution in [0.5, 0.6) is 0 Å². The van der Waals surface area contributed by atoms with Crippen LogP contribution in [0.15, 0.2) is 34.8 Å². The Balaban J connectivity index is 2.77. The van der Waals surface area contributed by atoms with Gasteiger partial charge in [0.05, 0.1) is 0 Å². The quantitative estimate of drug-likeness (QED) is 0.883. The van der Waals surface area contributed by atoms with Gasteiger partial charge in [0.15, 0.2) is 0 Å². The van der Waals surface area contributed by atoms with Crippen molar-refractivity contribution in [3.8, 4) is 0 Å². The molecule has 86 valence electrons. The minimum Gasteiger partial charge on any atom is -0.481 e. The Labute approximate surface area is 104 Å². The fourth-order valence-electron chi connectivity index (χ4n) is 1.52. The molecule has 2 nitrogen and oxygen atoms in total. The standard InChI is InChI=1S/C13H15BrO2/c1-2-10(5-4-8-13(15)16)11-6-3-7-12(14)9-11/h3,5-7,9H,2,4,8H2,1H3,(H,15,16). The Morgan fingerprint density at radius 1 is 1.50 bits per heavy atom. The number of hydrogen-bond acceptors (Lipinski definition) is 1. The predicted octanol–water partition coefficient (Wildman–Crippen LogP) is 4.11. The van der Waals surface area contributed by atoms with Gasteiger partial charge in [-0.25, -0.2) is 0 Å². The number of aliphatic carboxylic acids is 1. The van der Waals surface area contributed by atoms with Crippen LogP contribution in [0, 0.1) is 0 Å². The third-order valence-corrected chi connectivity index (χ3v) is 2.82. The summed E-state index contributed by atoms with van der Waals surface area (Å²) in [7, 11) is 0. The second-order valence-corrected chi connectivity index (χ2v) is 4.44. The van der Waals surface area contributed by atoms with E-state index in [9.17, 15) is 4.79 Å². The Morgan fingerprint density at radius 2 is 2.25 bits per heavy atom. The second-order valence-electron chi connectivity index (χ2n) is 3.53. The van der Waals surface area contributed by atoms with E-state index < -0.39 is 5.97 Å². The van der Waals surface area contributed by atoms with Gasteiger partial charge in [0.2, 0.25) is 0 Å². The van der Waals surface area contributed by atoms with Gasteiger partial charge < -0.3 is 5.11 Å². The molecule has 0 saturated heterocycles.